The molecule has 0 saturated carbocycles. The molecular formula is C34H38O8. The van der Waals surface area contributed by atoms with Gasteiger partial charge in [0.15, 0.2) is 23.1 Å². The van der Waals surface area contributed by atoms with Gasteiger partial charge in [-0.2, -0.15) is 0 Å². The van der Waals surface area contributed by atoms with Crippen LogP contribution in [0, 0.1) is 0 Å². The van der Waals surface area contributed by atoms with Gasteiger partial charge in [0.05, 0.1) is 24.4 Å². The van der Waals surface area contributed by atoms with E-state index >= 15 is 0 Å². The molecule has 2 aliphatic rings. The number of hydrogen-bond acceptors (Lipinski definition) is 8. The Kier molecular flexibility index (Phi) is 10.7. The standard InChI is InChI=1S/C34H38O8/c1-4-7-9-13-19-39-33(37)41-31-25-16-12-11-15-23(25)29(35)28-27(31)30(36)24-18-17-22(6-3)21-26(24)32(28)42-34(38)40-20-14-10-8-5-2/h11-12,15-18,21H,4-10,13-14,19-20H2,1-3H3. The number of aryl methyl sites for hydroxylation is 1. The number of rotatable bonds is 13. The molecule has 0 amide bonds. The summed E-state index contributed by atoms with van der Waals surface area (Å²) in [5, 5.41) is 0. The molecule has 42 heavy (non-hydrogen) atoms. The van der Waals surface area contributed by atoms with Crippen LogP contribution in [0.4, 0.5) is 9.59 Å². The van der Waals surface area contributed by atoms with Gasteiger partial charge in [-0.1, -0.05) is 95.7 Å². The van der Waals surface area contributed by atoms with E-state index < -0.39 is 23.9 Å². The largest absolute Gasteiger partial charge is 0.513 e. The summed E-state index contributed by atoms with van der Waals surface area (Å²) < 4.78 is 22.0. The highest BCUT2D eigenvalue weighted by molar-refractivity contribution is 6.34. The molecular weight excluding hydrogens is 536 g/mol. The molecule has 0 aromatic heterocycles. The molecule has 0 fully saturated rings. The zero-order valence-corrected chi connectivity index (χ0v) is 24.6. The number of carbonyl (C=O) groups excluding carboxylic acids is 4. The maximum Gasteiger partial charge on any atom is 0.513 e. The Balaban J connectivity index is 1.78. The molecule has 0 radical (unpaired) electrons. The second-order valence-electron chi connectivity index (χ2n) is 10.4. The first kappa shape index (κ1) is 30.8. The molecule has 2 aliphatic carbocycles. The average molecular weight is 575 g/mol. The van der Waals surface area contributed by atoms with E-state index in [9.17, 15) is 19.2 Å². The third kappa shape index (κ3) is 6.81. The Bertz CT molecular complexity index is 1410. The van der Waals surface area contributed by atoms with E-state index in [2.05, 4.69) is 13.8 Å². The molecule has 0 atom stereocenters. The van der Waals surface area contributed by atoms with Crippen LogP contribution in [0.25, 0.3) is 11.5 Å². The summed E-state index contributed by atoms with van der Waals surface area (Å²) in [6, 6.07) is 11.7. The van der Waals surface area contributed by atoms with Crippen LogP contribution in [-0.2, 0) is 25.4 Å². The van der Waals surface area contributed by atoms with E-state index in [1.54, 1.807) is 42.5 Å². The number of carbonyl (C=O) groups is 4. The van der Waals surface area contributed by atoms with Crippen molar-refractivity contribution in [1.29, 1.82) is 0 Å². The Morgan fingerprint density at radius 2 is 1.10 bits per heavy atom. The summed E-state index contributed by atoms with van der Waals surface area (Å²) >= 11 is 0. The van der Waals surface area contributed by atoms with Crippen LogP contribution in [0.15, 0.2) is 53.6 Å². The predicted molar refractivity (Wildman–Crippen MR) is 158 cm³/mol. The lowest BCUT2D eigenvalue weighted by Crippen LogP contribution is -2.29. The third-order valence-corrected chi connectivity index (χ3v) is 7.36. The quantitative estimate of drug-likeness (QED) is 0.174. The molecule has 0 unspecified atom stereocenters. The highest BCUT2D eigenvalue weighted by atomic mass is 16.7. The maximum atomic E-state index is 14.0. The molecule has 0 spiro atoms. The van der Waals surface area contributed by atoms with Crippen molar-refractivity contribution in [2.75, 3.05) is 13.2 Å². The fraction of sp³-hybridized carbons (Fsp3) is 0.412. The lowest BCUT2D eigenvalue weighted by Gasteiger charge is -2.29. The molecule has 2 aromatic carbocycles. The van der Waals surface area contributed by atoms with E-state index in [-0.39, 0.29) is 52.6 Å². The minimum absolute atomic E-state index is 0.0954. The van der Waals surface area contributed by atoms with Crippen LogP contribution in [0.5, 0.6) is 0 Å². The minimum Gasteiger partial charge on any atom is -0.434 e. The predicted octanol–water partition coefficient (Wildman–Crippen LogP) is 8.23. The number of unbranched alkanes of at least 4 members (excludes halogenated alkanes) is 6. The number of ketones is 2. The van der Waals surface area contributed by atoms with E-state index in [0.717, 1.165) is 44.1 Å². The average Bonchev–Trinajstić information content (AvgIpc) is 3.00. The van der Waals surface area contributed by atoms with E-state index in [0.29, 0.717) is 24.8 Å². The molecule has 0 heterocycles. The summed E-state index contributed by atoms with van der Waals surface area (Å²) in [5.41, 5.74) is 1.61. The fourth-order valence-electron chi connectivity index (χ4n) is 5.08. The molecule has 222 valence electrons. The number of allylic oxidation sites excluding steroid dienone is 2. The van der Waals surface area contributed by atoms with Crippen LogP contribution >= 0.6 is 0 Å². The van der Waals surface area contributed by atoms with E-state index in [4.69, 9.17) is 18.9 Å². The monoisotopic (exact) mass is 574 g/mol. The van der Waals surface area contributed by atoms with Crippen LogP contribution < -0.4 is 0 Å². The molecule has 0 saturated heterocycles. The maximum absolute atomic E-state index is 14.0. The van der Waals surface area contributed by atoms with E-state index in [1.807, 2.05) is 6.92 Å². The summed E-state index contributed by atoms with van der Waals surface area (Å²) in [6.07, 6.45) is 6.01. The zero-order chi connectivity index (χ0) is 30.1. The molecule has 4 rings (SSSR count). The van der Waals surface area contributed by atoms with Crippen LogP contribution in [0.1, 0.15) is 110 Å². The summed E-state index contributed by atoms with van der Waals surface area (Å²) in [5.74, 6) is -1.24. The topological polar surface area (TPSA) is 105 Å². The Hall–Kier alpha value is -4.20. The molecule has 0 N–H and O–H groups in total. The Labute approximate surface area is 246 Å². The van der Waals surface area contributed by atoms with Gasteiger partial charge in [0.25, 0.3) is 0 Å². The van der Waals surface area contributed by atoms with Crippen molar-refractivity contribution in [3.63, 3.8) is 0 Å². The lowest BCUT2D eigenvalue weighted by molar-refractivity contribution is 0.0841. The van der Waals surface area contributed by atoms with Gasteiger partial charge < -0.3 is 18.9 Å². The van der Waals surface area contributed by atoms with E-state index in [1.165, 1.54) is 0 Å². The Morgan fingerprint density at radius 3 is 1.62 bits per heavy atom. The molecule has 0 bridgehead atoms. The van der Waals surface area contributed by atoms with Crippen LogP contribution in [-0.4, -0.2) is 37.1 Å². The van der Waals surface area contributed by atoms with Gasteiger partial charge in [-0.15, -0.1) is 0 Å². The molecule has 0 aliphatic heterocycles. The highest BCUT2D eigenvalue weighted by Gasteiger charge is 2.43. The first-order valence-corrected chi connectivity index (χ1v) is 14.9. The highest BCUT2D eigenvalue weighted by Crippen LogP contribution is 2.45. The van der Waals surface area contributed by atoms with Gasteiger partial charge >= 0.3 is 12.3 Å². The van der Waals surface area contributed by atoms with Crippen molar-refractivity contribution in [2.45, 2.75) is 78.6 Å². The van der Waals surface area contributed by atoms with Crippen molar-refractivity contribution in [1.82, 2.24) is 0 Å². The number of benzene rings is 2. The third-order valence-electron chi connectivity index (χ3n) is 7.36. The Morgan fingerprint density at radius 1 is 0.595 bits per heavy atom. The minimum atomic E-state index is -0.980. The SMILES string of the molecule is CCCCCCOC(=O)OC1=C2C(=O)c3ccc(CC)cc3C(OC(=O)OCCCCCC)=C2C(=O)c2ccccc21. The van der Waals surface area contributed by atoms with Gasteiger partial charge in [0.1, 0.15) is 0 Å². The van der Waals surface area contributed by atoms with Crippen LogP contribution in [0.3, 0.4) is 0 Å². The number of fused-ring (bicyclic) bond motifs is 3. The number of ether oxygens (including phenoxy) is 4. The van der Waals surface area contributed by atoms with Crippen LogP contribution in [0.2, 0.25) is 0 Å². The van der Waals surface area contributed by atoms with Gasteiger partial charge in [-0.3, -0.25) is 9.59 Å². The first-order valence-electron chi connectivity index (χ1n) is 14.9. The van der Waals surface area contributed by atoms with Crippen molar-refractivity contribution in [3.05, 3.63) is 81.4 Å². The number of Topliss-reactive ketones (excluding diaryl/α,β-unsaturated/α-hetero) is 2. The normalized spacial score (nSPS) is 13.8. The lowest BCUT2D eigenvalue weighted by atomic mass is 9.76. The fourth-order valence-corrected chi connectivity index (χ4v) is 5.08. The van der Waals surface area contributed by atoms with Crippen molar-refractivity contribution in [3.8, 4) is 0 Å². The van der Waals surface area contributed by atoms with Gasteiger partial charge in [0.2, 0.25) is 0 Å². The molecule has 8 heteroatoms. The summed E-state index contributed by atoms with van der Waals surface area (Å²) in [7, 11) is 0. The summed E-state index contributed by atoms with van der Waals surface area (Å²) in [6.45, 7) is 6.46. The smallest absolute Gasteiger partial charge is 0.434 e. The second-order valence-corrected chi connectivity index (χ2v) is 10.4. The number of hydrogen-bond donors (Lipinski definition) is 0. The van der Waals surface area contributed by atoms with Crippen molar-refractivity contribution >= 4 is 35.4 Å². The van der Waals surface area contributed by atoms with Gasteiger partial charge in [-0.25, -0.2) is 9.59 Å². The zero-order valence-electron chi connectivity index (χ0n) is 24.6. The molecule has 8 nitrogen and oxygen atoms in total. The van der Waals surface area contributed by atoms with Gasteiger partial charge in [0, 0.05) is 22.3 Å². The first-order chi connectivity index (χ1) is 20.4. The summed E-state index contributed by atoms with van der Waals surface area (Å²) in [4.78, 5) is 53.6. The second kappa shape index (κ2) is 14.6. The van der Waals surface area contributed by atoms with Crippen molar-refractivity contribution < 1.29 is 38.1 Å². The van der Waals surface area contributed by atoms with Crippen molar-refractivity contribution in [2.24, 2.45) is 0 Å². The molecule has 2 aromatic rings. The van der Waals surface area contributed by atoms with Gasteiger partial charge in [-0.05, 0) is 30.9 Å².